The van der Waals surface area contributed by atoms with Crippen molar-refractivity contribution in [1.82, 2.24) is 14.9 Å². The van der Waals surface area contributed by atoms with Crippen molar-refractivity contribution in [1.29, 1.82) is 0 Å². The van der Waals surface area contributed by atoms with Crippen LogP contribution >= 0.6 is 24.0 Å². The molecule has 0 aromatic heterocycles. The summed E-state index contributed by atoms with van der Waals surface area (Å²) >= 11 is 0. The van der Waals surface area contributed by atoms with E-state index in [1.165, 1.54) is 0 Å². The van der Waals surface area contributed by atoms with Crippen molar-refractivity contribution in [2.45, 2.75) is 31.2 Å². The number of halogens is 1. The zero-order valence-corrected chi connectivity index (χ0v) is 20.9. The summed E-state index contributed by atoms with van der Waals surface area (Å²) in [4.78, 5) is 4.92. The molecule has 2 aromatic carbocycles. The van der Waals surface area contributed by atoms with Crippen molar-refractivity contribution in [3.63, 3.8) is 0 Å². The number of hydrogen-bond acceptors (Lipinski definition) is 4. The molecule has 31 heavy (non-hydrogen) atoms. The first-order valence-corrected chi connectivity index (χ1v) is 11.8. The molecule has 2 N–H and O–H groups in total. The third kappa shape index (κ3) is 7.65. The van der Waals surface area contributed by atoms with Crippen LogP contribution in [-0.4, -0.2) is 51.5 Å². The largest absolute Gasteiger partial charge is 0.492 e. The van der Waals surface area contributed by atoms with Gasteiger partial charge in [-0.05, 0) is 49.6 Å². The van der Waals surface area contributed by atoms with Crippen molar-refractivity contribution in [3.8, 4) is 5.75 Å². The molecule has 7 nitrogen and oxygen atoms in total. The minimum absolute atomic E-state index is 0. The smallest absolute Gasteiger partial charge is 0.243 e. The van der Waals surface area contributed by atoms with Gasteiger partial charge in [0.25, 0.3) is 0 Å². The van der Waals surface area contributed by atoms with Crippen LogP contribution in [0.3, 0.4) is 0 Å². The van der Waals surface area contributed by atoms with Crippen LogP contribution in [0, 0.1) is 0 Å². The minimum Gasteiger partial charge on any atom is -0.492 e. The van der Waals surface area contributed by atoms with Crippen molar-refractivity contribution < 1.29 is 13.2 Å². The normalized spacial score (nSPS) is 14.7. The van der Waals surface area contributed by atoms with E-state index in [4.69, 9.17) is 4.74 Å². The lowest BCUT2D eigenvalue weighted by Gasteiger charge is -2.15. The Kier molecular flexibility index (Phi) is 10.6. The average molecular weight is 558 g/mol. The Hall–Kier alpha value is -1.85. The van der Waals surface area contributed by atoms with Gasteiger partial charge in [0.2, 0.25) is 10.0 Å². The van der Waals surface area contributed by atoms with E-state index in [2.05, 4.69) is 15.6 Å². The van der Waals surface area contributed by atoms with E-state index in [1.807, 2.05) is 49.4 Å². The molecule has 2 aromatic rings. The SMILES string of the molecule is CCNC(=NCc1ccc(S(=O)(=O)N2CCCC2)cc1)NCCOc1ccccc1.I. The molecule has 9 heteroatoms. The molecule has 0 unspecified atom stereocenters. The Bertz CT molecular complexity index is 916. The lowest BCUT2D eigenvalue weighted by atomic mass is 10.2. The molecule has 170 valence electrons. The number of guanidine groups is 1. The molecule has 0 radical (unpaired) electrons. The number of hydrogen-bond donors (Lipinski definition) is 2. The highest BCUT2D eigenvalue weighted by atomic mass is 127. The number of aliphatic imine (C=N–C) groups is 1. The Morgan fingerprint density at radius 3 is 2.35 bits per heavy atom. The van der Waals surface area contributed by atoms with Gasteiger partial charge in [0, 0.05) is 19.6 Å². The number of rotatable bonds is 9. The van der Waals surface area contributed by atoms with Crippen LogP contribution in [0.25, 0.3) is 0 Å². The van der Waals surface area contributed by atoms with Gasteiger partial charge in [0.15, 0.2) is 5.96 Å². The van der Waals surface area contributed by atoms with E-state index in [1.54, 1.807) is 16.4 Å². The Morgan fingerprint density at radius 2 is 1.71 bits per heavy atom. The summed E-state index contributed by atoms with van der Waals surface area (Å²) < 4.78 is 32.5. The van der Waals surface area contributed by atoms with E-state index in [0.29, 0.717) is 43.6 Å². The summed E-state index contributed by atoms with van der Waals surface area (Å²) in [7, 11) is -3.37. The van der Waals surface area contributed by atoms with Gasteiger partial charge in [-0.1, -0.05) is 30.3 Å². The second-order valence-corrected chi connectivity index (χ2v) is 8.98. The second kappa shape index (κ2) is 12.9. The van der Waals surface area contributed by atoms with Crippen LogP contribution in [-0.2, 0) is 16.6 Å². The maximum atomic E-state index is 12.6. The first-order chi connectivity index (χ1) is 14.6. The Morgan fingerprint density at radius 1 is 1.03 bits per heavy atom. The Labute approximate surface area is 202 Å². The molecule has 1 fully saturated rings. The quantitative estimate of drug-likeness (QED) is 0.214. The molecule has 0 spiro atoms. The molecular weight excluding hydrogens is 527 g/mol. The predicted molar refractivity (Wildman–Crippen MR) is 135 cm³/mol. The monoisotopic (exact) mass is 558 g/mol. The number of nitrogens with one attached hydrogen (secondary N) is 2. The lowest BCUT2D eigenvalue weighted by Crippen LogP contribution is -2.39. The number of sulfonamides is 1. The number of para-hydroxylation sites is 1. The van der Waals surface area contributed by atoms with Crippen LogP contribution < -0.4 is 15.4 Å². The molecule has 0 saturated carbocycles. The highest BCUT2D eigenvalue weighted by Crippen LogP contribution is 2.21. The molecule has 0 aliphatic carbocycles. The number of nitrogens with zero attached hydrogens (tertiary/aromatic N) is 2. The fraction of sp³-hybridized carbons (Fsp3) is 0.409. The van der Waals surface area contributed by atoms with Gasteiger partial charge in [-0.3, -0.25) is 0 Å². The van der Waals surface area contributed by atoms with Crippen molar-refractivity contribution in [2.24, 2.45) is 4.99 Å². The second-order valence-electron chi connectivity index (χ2n) is 7.04. The van der Waals surface area contributed by atoms with E-state index < -0.39 is 10.0 Å². The molecule has 1 aliphatic heterocycles. The zero-order chi connectivity index (χ0) is 21.2. The van der Waals surface area contributed by atoms with Crippen LogP contribution in [0.1, 0.15) is 25.3 Å². The van der Waals surface area contributed by atoms with E-state index in [9.17, 15) is 8.42 Å². The fourth-order valence-corrected chi connectivity index (χ4v) is 4.73. The van der Waals surface area contributed by atoms with Crippen molar-refractivity contribution >= 4 is 40.0 Å². The zero-order valence-electron chi connectivity index (χ0n) is 17.8. The highest BCUT2D eigenvalue weighted by Gasteiger charge is 2.26. The van der Waals surface area contributed by atoms with Gasteiger partial charge >= 0.3 is 0 Å². The van der Waals surface area contributed by atoms with Gasteiger partial charge in [-0.15, -0.1) is 24.0 Å². The van der Waals surface area contributed by atoms with Crippen LogP contribution in [0.15, 0.2) is 64.5 Å². The maximum absolute atomic E-state index is 12.6. The van der Waals surface area contributed by atoms with Crippen molar-refractivity contribution in [2.75, 3.05) is 32.8 Å². The standard InChI is InChI=1S/C22H30N4O3S.HI/c1-2-23-22(24-14-17-29-20-8-4-3-5-9-20)25-18-19-10-12-21(13-11-19)30(27,28)26-15-6-7-16-26;/h3-5,8-13H,2,6-7,14-18H2,1H3,(H2,23,24,25);1H. The molecule has 3 rings (SSSR count). The molecular formula is C22H31IN4O3S. The van der Waals surface area contributed by atoms with Gasteiger partial charge < -0.3 is 15.4 Å². The summed E-state index contributed by atoms with van der Waals surface area (Å²) in [6.07, 6.45) is 1.87. The lowest BCUT2D eigenvalue weighted by molar-refractivity contribution is 0.322. The number of ether oxygens (including phenoxy) is 1. The van der Waals surface area contributed by atoms with Crippen LogP contribution in [0.5, 0.6) is 5.75 Å². The van der Waals surface area contributed by atoms with Crippen molar-refractivity contribution in [3.05, 3.63) is 60.2 Å². The van der Waals surface area contributed by atoms with E-state index >= 15 is 0 Å². The molecule has 1 heterocycles. The first-order valence-electron chi connectivity index (χ1n) is 10.4. The maximum Gasteiger partial charge on any atom is 0.243 e. The van der Waals surface area contributed by atoms with Gasteiger partial charge in [0.1, 0.15) is 12.4 Å². The van der Waals surface area contributed by atoms with Gasteiger partial charge in [-0.25, -0.2) is 13.4 Å². The molecule has 1 aliphatic rings. The molecule has 0 atom stereocenters. The topological polar surface area (TPSA) is 83.0 Å². The fourth-order valence-electron chi connectivity index (χ4n) is 3.21. The predicted octanol–water partition coefficient (Wildman–Crippen LogP) is 3.22. The summed E-state index contributed by atoms with van der Waals surface area (Å²) in [5.74, 6) is 1.54. The minimum atomic E-state index is -3.37. The summed E-state index contributed by atoms with van der Waals surface area (Å²) in [5.41, 5.74) is 0.952. The van der Waals surface area contributed by atoms with Gasteiger partial charge in [-0.2, -0.15) is 4.31 Å². The van der Waals surface area contributed by atoms with Crippen LogP contribution in [0.4, 0.5) is 0 Å². The van der Waals surface area contributed by atoms with Crippen LogP contribution in [0.2, 0.25) is 0 Å². The summed E-state index contributed by atoms with van der Waals surface area (Å²) in [6.45, 7) is 5.58. The van der Waals surface area contributed by atoms with E-state index in [0.717, 1.165) is 30.7 Å². The van der Waals surface area contributed by atoms with E-state index in [-0.39, 0.29) is 24.0 Å². The van der Waals surface area contributed by atoms with Gasteiger partial charge in [0.05, 0.1) is 18.0 Å². The first kappa shape index (κ1) is 25.4. The molecule has 0 amide bonds. The molecule has 0 bridgehead atoms. The number of benzene rings is 2. The summed E-state index contributed by atoms with van der Waals surface area (Å²) in [5, 5.41) is 6.45. The average Bonchev–Trinajstić information content (AvgIpc) is 3.32. The summed E-state index contributed by atoms with van der Waals surface area (Å²) in [6, 6.07) is 16.7. The Balaban J connectivity index is 0.00000341. The third-order valence-corrected chi connectivity index (χ3v) is 6.71. The third-order valence-electron chi connectivity index (χ3n) is 4.80. The highest BCUT2D eigenvalue weighted by molar-refractivity contribution is 14.0. The molecule has 1 saturated heterocycles.